The number of amides is 1. The van der Waals surface area contributed by atoms with Gasteiger partial charge in [-0.15, -0.1) is 0 Å². The highest BCUT2D eigenvalue weighted by molar-refractivity contribution is 7.89. The molecule has 0 unspecified atom stereocenters. The van der Waals surface area contributed by atoms with Crippen molar-refractivity contribution in [2.45, 2.75) is 24.7 Å². The van der Waals surface area contributed by atoms with Crippen LogP contribution in [0.15, 0.2) is 53.4 Å². The molecule has 0 saturated carbocycles. The van der Waals surface area contributed by atoms with E-state index in [0.29, 0.717) is 11.5 Å². The third-order valence-electron chi connectivity index (χ3n) is 3.94. The number of methoxy groups -OCH3 is 1. The molecule has 2 aromatic carbocycles. The number of ether oxygens (including phenoxy) is 2. The highest BCUT2D eigenvalue weighted by atomic mass is 32.2. The van der Waals surface area contributed by atoms with Crippen LogP contribution in [-0.2, 0) is 21.2 Å². The molecule has 0 aromatic heterocycles. The lowest BCUT2D eigenvalue weighted by atomic mass is 10.1. The van der Waals surface area contributed by atoms with Crippen LogP contribution in [0.5, 0.6) is 11.5 Å². The number of nitrogens with one attached hydrogen (secondary N) is 2. The number of hydrogen-bond acceptors (Lipinski definition) is 5. The fourth-order valence-electron chi connectivity index (χ4n) is 2.47. The second-order valence-corrected chi connectivity index (χ2v) is 7.87. The van der Waals surface area contributed by atoms with E-state index in [2.05, 4.69) is 17.0 Å². The minimum atomic E-state index is -3.64. The van der Waals surface area contributed by atoms with Gasteiger partial charge in [0, 0.05) is 13.1 Å². The number of sulfonamides is 1. The zero-order valence-electron chi connectivity index (χ0n) is 16.1. The number of hydrogen-bond donors (Lipinski definition) is 2. The molecule has 0 spiro atoms. The van der Waals surface area contributed by atoms with Crippen molar-refractivity contribution in [3.63, 3.8) is 0 Å². The molecule has 7 nitrogen and oxygen atoms in total. The van der Waals surface area contributed by atoms with Gasteiger partial charge in [0.15, 0.2) is 6.61 Å². The number of carbonyl (C=O) groups excluding carboxylic acids is 1. The zero-order valence-corrected chi connectivity index (χ0v) is 16.9. The molecule has 0 radical (unpaired) electrons. The average molecular weight is 407 g/mol. The van der Waals surface area contributed by atoms with Crippen LogP contribution in [0.1, 0.15) is 18.9 Å². The first kappa shape index (κ1) is 21.7. The third-order valence-corrected chi connectivity index (χ3v) is 5.42. The molecule has 28 heavy (non-hydrogen) atoms. The minimum Gasteiger partial charge on any atom is -0.497 e. The molecule has 0 aliphatic heterocycles. The fraction of sp³-hybridized carbons (Fsp3) is 0.350. The van der Waals surface area contributed by atoms with E-state index < -0.39 is 10.0 Å². The van der Waals surface area contributed by atoms with Crippen molar-refractivity contribution in [3.05, 3.63) is 54.1 Å². The Hall–Kier alpha value is -2.58. The Morgan fingerprint density at radius 1 is 0.964 bits per heavy atom. The Morgan fingerprint density at radius 3 is 2.21 bits per heavy atom. The molecule has 2 aromatic rings. The maximum absolute atomic E-state index is 12.2. The summed E-state index contributed by atoms with van der Waals surface area (Å²) in [5, 5.41) is 2.62. The first-order valence-electron chi connectivity index (χ1n) is 9.06. The molecule has 0 fully saturated rings. The van der Waals surface area contributed by atoms with Gasteiger partial charge in [0.25, 0.3) is 5.91 Å². The van der Waals surface area contributed by atoms with Crippen LogP contribution in [0.25, 0.3) is 0 Å². The fourth-order valence-corrected chi connectivity index (χ4v) is 3.50. The summed E-state index contributed by atoms with van der Waals surface area (Å²) in [6.45, 7) is 2.23. The van der Waals surface area contributed by atoms with Crippen molar-refractivity contribution in [3.8, 4) is 11.5 Å². The van der Waals surface area contributed by atoms with Crippen molar-refractivity contribution >= 4 is 15.9 Å². The number of benzene rings is 2. The predicted molar refractivity (Wildman–Crippen MR) is 107 cm³/mol. The van der Waals surface area contributed by atoms with Crippen LogP contribution >= 0.6 is 0 Å². The van der Waals surface area contributed by atoms with Crippen LogP contribution in [-0.4, -0.2) is 41.1 Å². The summed E-state index contributed by atoms with van der Waals surface area (Å²) in [6.07, 6.45) is 2.08. The van der Waals surface area contributed by atoms with E-state index in [1.54, 1.807) is 12.1 Å². The van der Waals surface area contributed by atoms with Crippen LogP contribution in [0.4, 0.5) is 0 Å². The molecule has 0 aliphatic rings. The molecule has 0 aliphatic carbocycles. The summed E-state index contributed by atoms with van der Waals surface area (Å²) >= 11 is 0. The van der Waals surface area contributed by atoms with Crippen LogP contribution in [0, 0.1) is 0 Å². The van der Waals surface area contributed by atoms with Crippen molar-refractivity contribution in [1.29, 1.82) is 0 Å². The lowest BCUT2D eigenvalue weighted by Gasteiger charge is -2.10. The molecule has 2 rings (SSSR count). The molecule has 0 saturated heterocycles. The van der Waals surface area contributed by atoms with Gasteiger partial charge < -0.3 is 14.8 Å². The third kappa shape index (κ3) is 6.86. The van der Waals surface area contributed by atoms with Crippen molar-refractivity contribution < 1.29 is 22.7 Å². The van der Waals surface area contributed by atoms with Gasteiger partial charge in [-0.05, 0) is 48.4 Å². The van der Waals surface area contributed by atoms with E-state index in [9.17, 15) is 13.2 Å². The Morgan fingerprint density at radius 2 is 1.61 bits per heavy atom. The molecule has 2 N–H and O–H groups in total. The van der Waals surface area contributed by atoms with Crippen molar-refractivity contribution in [1.82, 2.24) is 10.0 Å². The Labute approximate surface area is 166 Å². The smallest absolute Gasteiger partial charge is 0.257 e. The molecule has 8 heteroatoms. The number of aryl methyl sites for hydroxylation is 1. The second-order valence-electron chi connectivity index (χ2n) is 6.11. The molecule has 1 amide bonds. The first-order chi connectivity index (χ1) is 13.4. The van der Waals surface area contributed by atoms with Crippen LogP contribution in [0.3, 0.4) is 0 Å². The Bertz CT molecular complexity index is 849. The van der Waals surface area contributed by atoms with Crippen LogP contribution in [0.2, 0.25) is 0 Å². The maximum atomic E-state index is 12.2. The molecular weight excluding hydrogens is 380 g/mol. The standard InChI is InChI=1S/C20H26N2O5S/c1-3-4-16-5-7-18(8-6-16)27-15-20(23)21-13-14-22-28(24,25)19-11-9-17(26-2)10-12-19/h5-12,22H,3-4,13-15H2,1-2H3,(H,21,23). The molecule has 0 atom stereocenters. The Kier molecular flexibility index (Phi) is 8.28. The summed E-state index contributed by atoms with van der Waals surface area (Å²) in [7, 11) is -2.13. The highest BCUT2D eigenvalue weighted by Gasteiger charge is 2.13. The number of rotatable bonds is 11. The topological polar surface area (TPSA) is 93.7 Å². The summed E-state index contributed by atoms with van der Waals surface area (Å²) in [5.41, 5.74) is 1.23. The van der Waals surface area contributed by atoms with Gasteiger partial charge >= 0.3 is 0 Å². The average Bonchev–Trinajstić information content (AvgIpc) is 2.71. The summed E-state index contributed by atoms with van der Waals surface area (Å²) in [4.78, 5) is 12.0. The van der Waals surface area contributed by atoms with Crippen molar-refractivity contribution in [2.75, 3.05) is 26.8 Å². The number of carbonyl (C=O) groups is 1. The highest BCUT2D eigenvalue weighted by Crippen LogP contribution is 2.15. The Balaban J connectivity index is 1.69. The first-order valence-corrected chi connectivity index (χ1v) is 10.5. The van der Waals surface area contributed by atoms with E-state index in [0.717, 1.165) is 12.8 Å². The van der Waals surface area contributed by atoms with Gasteiger partial charge in [0.1, 0.15) is 11.5 Å². The van der Waals surface area contributed by atoms with E-state index in [4.69, 9.17) is 9.47 Å². The molecular formula is C20H26N2O5S. The van der Waals surface area contributed by atoms with Gasteiger partial charge in [0.2, 0.25) is 10.0 Å². The van der Waals surface area contributed by atoms with E-state index >= 15 is 0 Å². The lowest BCUT2D eigenvalue weighted by Crippen LogP contribution is -2.36. The predicted octanol–water partition coefficient (Wildman–Crippen LogP) is 2.12. The largest absolute Gasteiger partial charge is 0.497 e. The van der Waals surface area contributed by atoms with Crippen molar-refractivity contribution in [2.24, 2.45) is 0 Å². The van der Waals surface area contributed by atoms with E-state index in [1.807, 2.05) is 24.3 Å². The van der Waals surface area contributed by atoms with E-state index in [-0.39, 0.29) is 30.5 Å². The normalized spacial score (nSPS) is 11.1. The quantitative estimate of drug-likeness (QED) is 0.558. The maximum Gasteiger partial charge on any atom is 0.257 e. The SMILES string of the molecule is CCCc1ccc(OCC(=O)NCCNS(=O)(=O)c2ccc(OC)cc2)cc1. The second kappa shape index (κ2) is 10.7. The summed E-state index contributed by atoms with van der Waals surface area (Å²) in [6, 6.07) is 13.7. The van der Waals surface area contributed by atoms with Gasteiger partial charge in [-0.3, -0.25) is 4.79 Å². The monoisotopic (exact) mass is 406 g/mol. The van der Waals surface area contributed by atoms with Gasteiger partial charge in [0.05, 0.1) is 12.0 Å². The molecule has 0 heterocycles. The zero-order chi connectivity index (χ0) is 20.4. The minimum absolute atomic E-state index is 0.0752. The summed E-state index contributed by atoms with van der Waals surface area (Å²) < 4.78 is 37.2. The molecule has 152 valence electrons. The lowest BCUT2D eigenvalue weighted by molar-refractivity contribution is -0.123. The van der Waals surface area contributed by atoms with Crippen LogP contribution < -0.4 is 19.5 Å². The van der Waals surface area contributed by atoms with Gasteiger partial charge in [-0.25, -0.2) is 13.1 Å². The van der Waals surface area contributed by atoms with E-state index in [1.165, 1.54) is 24.8 Å². The van der Waals surface area contributed by atoms with Gasteiger partial charge in [-0.2, -0.15) is 0 Å². The molecule has 0 bridgehead atoms. The van der Waals surface area contributed by atoms with Gasteiger partial charge in [-0.1, -0.05) is 25.5 Å². The summed E-state index contributed by atoms with van der Waals surface area (Å²) in [5.74, 6) is 0.878.